The fourth-order valence-electron chi connectivity index (χ4n) is 15.1. The van der Waals surface area contributed by atoms with Crippen molar-refractivity contribution >= 4 is 154 Å². The van der Waals surface area contributed by atoms with Crippen molar-refractivity contribution in [3.63, 3.8) is 0 Å². The molecule has 0 aliphatic heterocycles. The molecular formula is C80H50N4O2. The summed E-state index contributed by atoms with van der Waals surface area (Å²) in [5.41, 5.74) is 23.9. The van der Waals surface area contributed by atoms with Gasteiger partial charge in [0, 0.05) is 87.1 Å². The van der Waals surface area contributed by atoms with E-state index in [2.05, 4.69) is 299 Å². The Hall–Kier alpha value is -11.3. The second-order valence-electron chi connectivity index (χ2n) is 23.1. The summed E-state index contributed by atoms with van der Waals surface area (Å²) in [6.45, 7) is 4.42. The third kappa shape index (κ3) is 6.23. The van der Waals surface area contributed by atoms with Gasteiger partial charge in [0.25, 0.3) is 0 Å². The van der Waals surface area contributed by atoms with Gasteiger partial charge in [0.15, 0.2) is 11.2 Å². The number of anilines is 6. The molecule has 6 heterocycles. The highest BCUT2D eigenvalue weighted by Crippen LogP contribution is 2.57. The summed E-state index contributed by atoms with van der Waals surface area (Å²) in [7, 11) is 0. The third-order valence-corrected chi connectivity index (χ3v) is 18.6. The summed E-state index contributed by atoms with van der Waals surface area (Å²) in [6.07, 6.45) is 0. The van der Waals surface area contributed by atoms with Gasteiger partial charge in [-0.1, -0.05) is 206 Å². The van der Waals surface area contributed by atoms with E-state index in [1.165, 1.54) is 76.3 Å². The fourth-order valence-corrected chi connectivity index (χ4v) is 15.1. The molecule has 0 saturated heterocycles. The monoisotopic (exact) mass is 1100 g/mol. The minimum Gasteiger partial charge on any atom is -0.454 e. The molecule has 0 fully saturated rings. The number of furan rings is 2. The molecular weight excluding hydrogens is 1050 g/mol. The van der Waals surface area contributed by atoms with Gasteiger partial charge in [0.1, 0.15) is 11.2 Å². The number of hydrogen-bond donors (Lipinski definition) is 0. The first-order valence-electron chi connectivity index (χ1n) is 29.6. The van der Waals surface area contributed by atoms with E-state index in [9.17, 15) is 0 Å². The average Bonchev–Trinajstić information content (AvgIpc) is 1.50. The van der Waals surface area contributed by atoms with Crippen LogP contribution in [0.1, 0.15) is 11.1 Å². The number of rotatable bonds is 8. The Kier molecular flexibility index (Phi) is 9.65. The molecule has 0 unspecified atom stereocenters. The molecule has 0 bridgehead atoms. The molecule has 0 radical (unpaired) electrons. The van der Waals surface area contributed by atoms with Gasteiger partial charge in [-0.15, -0.1) is 0 Å². The third-order valence-electron chi connectivity index (χ3n) is 18.6. The van der Waals surface area contributed by atoms with E-state index in [0.29, 0.717) is 0 Å². The zero-order valence-electron chi connectivity index (χ0n) is 47.0. The number of aromatic nitrogens is 2. The molecule has 0 spiro atoms. The smallest absolute Gasteiger partial charge is 0.159 e. The molecule has 13 aromatic carbocycles. The van der Waals surface area contributed by atoms with Gasteiger partial charge in [0.2, 0.25) is 0 Å². The van der Waals surface area contributed by atoms with Gasteiger partial charge < -0.3 is 27.4 Å². The Balaban J connectivity index is 0.971. The summed E-state index contributed by atoms with van der Waals surface area (Å²) in [6, 6.07) is 97.5. The topological polar surface area (TPSA) is 41.6 Å². The first-order valence-corrected chi connectivity index (χ1v) is 29.6. The number of hydrogen-bond acceptors (Lipinski definition) is 4. The van der Waals surface area contributed by atoms with Crippen LogP contribution in [-0.2, 0) is 0 Å². The summed E-state index contributed by atoms with van der Waals surface area (Å²) in [5, 5.41) is 14.0. The minimum atomic E-state index is 0.856. The van der Waals surface area contributed by atoms with Crippen molar-refractivity contribution in [2.24, 2.45) is 0 Å². The molecule has 0 saturated carbocycles. The highest BCUT2D eigenvalue weighted by molar-refractivity contribution is 6.39. The summed E-state index contributed by atoms with van der Waals surface area (Å²) >= 11 is 0. The van der Waals surface area contributed by atoms with Crippen molar-refractivity contribution in [2.45, 2.75) is 13.8 Å². The quantitative estimate of drug-likeness (QED) is 0.152. The molecule has 6 nitrogen and oxygen atoms in total. The Labute approximate surface area is 493 Å². The van der Waals surface area contributed by atoms with Crippen LogP contribution in [0.15, 0.2) is 276 Å². The van der Waals surface area contributed by atoms with Crippen molar-refractivity contribution in [2.75, 3.05) is 9.80 Å². The van der Waals surface area contributed by atoms with Crippen LogP contribution in [0.4, 0.5) is 34.1 Å². The molecule has 0 aliphatic carbocycles. The molecule has 6 aromatic heterocycles. The Morgan fingerprint density at radius 2 is 0.581 bits per heavy atom. The maximum atomic E-state index is 6.90. The van der Waals surface area contributed by atoms with E-state index >= 15 is 0 Å². The normalized spacial score (nSPS) is 12.3. The van der Waals surface area contributed by atoms with Crippen LogP contribution in [0.3, 0.4) is 0 Å². The van der Waals surface area contributed by atoms with Crippen LogP contribution < -0.4 is 9.80 Å². The Morgan fingerprint density at radius 3 is 1.02 bits per heavy atom. The zero-order chi connectivity index (χ0) is 56.5. The van der Waals surface area contributed by atoms with Crippen LogP contribution in [0.5, 0.6) is 0 Å². The molecule has 19 rings (SSSR count). The predicted octanol–water partition coefficient (Wildman–Crippen LogP) is 22.7. The molecule has 0 N–H and O–H groups in total. The standard InChI is InChI=1S/C80H50N4O2/c1-47-23-9-13-37-59(47)81(65-43-19-31-53-51-29-11-15-45-67(51)85-79(53)65)61-39-21-41-63-71(61)55-33-17-35-57-73-70(50-27-7-4-8-28-50)78-74(69(49-25-5-3-6-26-49)77(73)83(63)75(55)57)58-36-18-34-56-72-62(40-22-42-64(72)84(78)76(56)58)82(60-38-14-10-24-48(60)2)66-44-20-32-54-52-30-12-16-46-68(52)86-80(54)66/h3-46H,1-2H3. The minimum absolute atomic E-state index is 0.856. The predicted molar refractivity (Wildman–Crippen MR) is 360 cm³/mol. The maximum absolute atomic E-state index is 6.90. The molecule has 0 amide bonds. The van der Waals surface area contributed by atoms with Crippen LogP contribution in [0.25, 0.3) is 142 Å². The largest absolute Gasteiger partial charge is 0.454 e. The lowest BCUT2D eigenvalue weighted by Gasteiger charge is -2.28. The molecule has 0 atom stereocenters. The maximum Gasteiger partial charge on any atom is 0.159 e. The van der Waals surface area contributed by atoms with Crippen molar-refractivity contribution in [3.05, 3.63) is 278 Å². The van der Waals surface area contributed by atoms with Crippen molar-refractivity contribution < 1.29 is 8.83 Å². The van der Waals surface area contributed by atoms with E-state index in [1.807, 2.05) is 0 Å². The van der Waals surface area contributed by atoms with Gasteiger partial charge in [-0.2, -0.15) is 0 Å². The van der Waals surface area contributed by atoms with E-state index in [4.69, 9.17) is 8.83 Å². The lowest BCUT2D eigenvalue weighted by Crippen LogP contribution is -2.12. The SMILES string of the molecule is Cc1ccccc1N(c1cccc2c1oc1ccccc12)c1cccc2c1c1cccc3c4c(-c5ccccc5)c5c(c(-c6ccccc6)c4n2c13)c1cccc2c3c(N(c4ccccc4C)c4cccc6c4oc4ccccc46)cccc3n5c21. The lowest BCUT2D eigenvalue weighted by atomic mass is 9.89. The number of fused-ring (bicyclic) bond motifs is 18. The number of benzene rings is 13. The summed E-state index contributed by atoms with van der Waals surface area (Å²) in [5.74, 6) is 0. The highest BCUT2D eigenvalue weighted by Gasteiger charge is 2.33. The van der Waals surface area contributed by atoms with Gasteiger partial charge in [0.05, 0.1) is 55.8 Å². The lowest BCUT2D eigenvalue weighted by molar-refractivity contribution is 0.668. The number of para-hydroxylation sites is 8. The molecule has 19 aromatic rings. The van der Waals surface area contributed by atoms with Crippen LogP contribution in [0, 0.1) is 13.8 Å². The van der Waals surface area contributed by atoms with Gasteiger partial charge >= 0.3 is 0 Å². The second kappa shape index (κ2) is 17.6. The average molecular weight is 1100 g/mol. The van der Waals surface area contributed by atoms with Gasteiger partial charge in [-0.05, 0) is 96.8 Å². The highest BCUT2D eigenvalue weighted by atomic mass is 16.3. The number of aryl methyl sites for hydroxylation is 2. The molecule has 86 heavy (non-hydrogen) atoms. The Bertz CT molecular complexity index is 5630. The molecule has 402 valence electrons. The van der Waals surface area contributed by atoms with Crippen molar-refractivity contribution in [1.82, 2.24) is 8.80 Å². The van der Waals surface area contributed by atoms with Crippen molar-refractivity contribution in [1.29, 1.82) is 0 Å². The summed E-state index contributed by atoms with van der Waals surface area (Å²) in [4.78, 5) is 4.89. The van der Waals surface area contributed by atoms with E-state index < -0.39 is 0 Å². The van der Waals surface area contributed by atoms with Crippen LogP contribution in [-0.4, -0.2) is 8.80 Å². The Morgan fingerprint density at radius 1 is 0.256 bits per heavy atom. The van der Waals surface area contributed by atoms with E-state index in [-0.39, 0.29) is 0 Å². The number of nitrogens with zero attached hydrogens (tertiary/aromatic N) is 4. The van der Waals surface area contributed by atoms with Gasteiger partial charge in [-0.25, -0.2) is 0 Å². The molecule has 0 aliphatic rings. The van der Waals surface area contributed by atoms with E-state index in [1.54, 1.807) is 0 Å². The first kappa shape index (κ1) is 47.2. The van der Waals surface area contributed by atoms with Crippen molar-refractivity contribution in [3.8, 4) is 22.3 Å². The van der Waals surface area contributed by atoms with E-state index in [0.717, 1.165) is 111 Å². The second-order valence-corrected chi connectivity index (χ2v) is 23.1. The molecule has 6 heteroatoms. The fraction of sp³-hybridized carbons (Fsp3) is 0.0250. The zero-order valence-corrected chi connectivity index (χ0v) is 47.0. The van der Waals surface area contributed by atoms with Crippen LogP contribution >= 0.6 is 0 Å². The van der Waals surface area contributed by atoms with Gasteiger partial charge in [-0.3, -0.25) is 0 Å². The summed E-state index contributed by atoms with van der Waals surface area (Å²) < 4.78 is 19.0. The van der Waals surface area contributed by atoms with Crippen LogP contribution in [0.2, 0.25) is 0 Å². The first-order chi connectivity index (χ1) is 42.6.